The van der Waals surface area contributed by atoms with Gasteiger partial charge in [0.2, 0.25) is 0 Å². The van der Waals surface area contributed by atoms with Gasteiger partial charge in [0.15, 0.2) is 9.84 Å². The first kappa shape index (κ1) is 16.8. The van der Waals surface area contributed by atoms with Gasteiger partial charge < -0.3 is 14.8 Å². The fourth-order valence-corrected chi connectivity index (χ4v) is 2.66. The van der Waals surface area contributed by atoms with E-state index in [0.717, 1.165) is 6.26 Å². The van der Waals surface area contributed by atoms with E-state index < -0.39 is 15.7 Å². The Labute approximate surface area is 135 Å². The highest BCUT2D eigenvalue weighted by Gasteiger charge is 2.14. The molecule has 2 rings (SSSR count). The predicted octanol–water partition coefficient (Wildman–Crippen LogP) is 2.36. The minimum absolute atomic E-state index is 0.136. The smallest absolute Gasteiger partial charge is 0.259 e. The summed E-state index contributed by atoms with van der Waals surface area (Å²) in [5.74, 6) is 0.522. The molecule has 0 saturated carbocycles. The molecule has 0 aliphatic rings. The predicted molar refractivity (Wildman–Crippen MR) is 87.1 cm³/mol. The molecule has 0 unspecified atom stereocenters. The van der Waals surface area contributed by atoms with Crippen LogP contribution in [0.3, 0.4) is 0 Å². The van der Waals surface area contributed by atoms with Crippen molar-refractivity contribution in [3.8, 4) is 11.5 Å². The second-order valence-electron chi connectivity index (χ2n) is 4.82. The SMILES string of the molecule is COc1ccc(C(=O)Nc2cccc(S(C)(=O)=O)c2)c(OC)c1. The molecule has 0 aliphatic heterocycles. The minimum atomic E-state index is -3.34. The first-order valence-corrected chi connectivity index (χ1v) is 8.58. The molecular weight excluding hydrogens is 318 g/mol. The van der Waals surface area contributed by atoms with Gasteiger partial charge >= 0.3 is 0 Å². The number of sulfone groups is 1. The highest BCUT2D eigenvalue weighted by atomic mass is 32.2. The number of methoxy groups -OCH3 is 2. The molecule has 0 saturated heterocycles. The molecule has 7 heteroatoms. The van der Waals surface area contributed by atoms with E-state index >= 15 is 0 Å². The second-order valence-corrected chi connectivity index (χ2v) is 6.84. The molecule has 1 amide bonds. The number of ether oxygens (including phenoxy) is 2. The number of carbonyl (C=O) groups excluding carboxylic acids is 1. The normalized spacial score (nSPS) is 10.9. The third-order valence-electron chi connectivity index (χ3n) is 3.17. The molecule has 0 atom stereocenters. The summed E-state index contributed by atoms with van der Waals surface area (Å²) in [7, 11) is -0.367. The van der Waals surface area contributed by atoms with Crippen molar-refractivity contribution in [2.45, 2.75) is 4.90 Å². The summed E-state index contributed by atoms with van der Waals surface area (Å²) in [6.45, 7) is 0. The van der Waals surface area contributed by atoms with E-state index in [1.807, 2.05) is 0 Å². The van der Waals surface area contributed by atoms with Gasteiger partial charge in [0, 0.05) is 18.0 Å². The Bertz CT molecular complexity index is 830. The number of nitrogens with one attached hydrogen (secondary N) is 1. The Morgan fingerprint density at radius 2 is 1.78 bits per heavy atom. The monoisotopic (exact) mass is 335 g/mol. The first-order chi connectivity index (χ1) is 10.8. The summed E-state index contributed by atoms with van der Waals surface area (Å²) >= 11 is 0. The Balaban J connectivity index is 2.29. The fourth-order valence-electron chi connectivity index (χ4n) is 1.99. The molecule has 1 N–H and O–H groups in total. The molecule has 23 heavy (non-hydrogen) atoms. The minimum Gasteiger partial charge on any atom is -0.497 e. The number of rotatable bonds is 5. The van der Waals surface area contributed by atoms with Gasteiger partial charge in [-0.2, -0.15) is 0 Å². The van der Waals surface area contributed by atoms with Crippen molar-refractivity contribution < 1.29 is 22.7 Å². The molecule has 0 aliphatic carbocycles. The largest absolute Gasteiger partial charge is 0.497 e. The average Bonchev–Trinajstić information content (AvgIpc) is 2.53. The van der Waals surface area contributed by atoms with Crippen molar-refractivity contribution in [2.24, 2.45) is 0 Å². The Kier molecular flexibility index (Phi) is 4.90. The highest BCUT2D eigenvalue weighted by Crippen LogP contribution is 2.25. The third kappa shape index (κ3) is 4.01. The van der Waals surface area contributed by atoms with Crippen LogP contribution in [-0.2, 0) is 9.84 Å². The number of benzene rings is 2. The second kappa shape index (κ2) is 6.70. The van der Waals surface area contributed by atoms with Gasteiger partial charge in [0.25, 0.3) is 5.91 Å². The van der Waals surface area contributed by atoms with Crippen LogP contribution >= 0.6 is 0 Å². The van der Waals surface area contributed by atoms with E-state index in [4.69, 9.17) is 9.47 Å². The highest BCUT2D eigenvalue weighted by molar-refractivity contribution is 7.90. The third-order valence-corrected chi connectivity index (χ3v) is 4.28. The Morgan fingerprint density at radius 1 is 1.04 bits per heavy atom. The average molecular weight is 335 g/mol. The summed E-state index contributed by atoms with van der Waals surface area (Å²) in [5.41, 5.74) is 0.703. The lowest BCUT2D eigenvalue weighted by Crippen LogP contribution is -2.13. The number of hydrogen-bond donors (Lipinski definition) is 1. The molecule has 122 valence electrons. The molecule has 0 radical (unpaired) electrons. The fraction of sp³-hybridized carbons (Fsp3) is 0.188. The van der Waals surface area contributed by atoms with Crippen LogP contribution in [0.25, 0.3) is 0 Å². The lowest BCUT2D eigenvalue weighted by molar-refractivity contribution is 0.102. The van der Waals surface area contributed by atoms with Gasteiger partial charge in [0.05, 0.1) is 24.7 Å². The molecule has 2 aromatic rings. The van der Waals surface area contributed by atoms with Crippen LogP contribution in [0.15, 0.2) is 47.4 Å². The maximum absolute atomic E-state index is 12.4. The van der Waals surface area contributed by atoms with Crippen molar-refractivity contribution in [1.29, 1.82) is 0 Å². The molecule has 0 bridgehead atoms. The number of hydrogen-bond acceptors (Lipinski definition) is 5. The van der Waals surface area contributed by atoms with E-state index in [1.54, 1.807) is 30.3 Å². The van der Waals surface area contributed by atoms with E-state index in [9.17, 15) is 13.2 Å². The molecule has 6 nitrogen and oxygen atoms in total. The Hall–Kier alpha value is -2.54. The van der Waals surface area contributed by atoms with E-state index in [0.29, 0.717) is 22.7 Å². The zero-order valence-corrected chi connectivity index (χ0v) is 13.8. The number of anilines is 1. The summed E-state index contributed by atoms with van der Waals surface area (Å²) < 4.78 is 33.4. The van der Waals surface area contributed by atoms with Crippen LogP contribution in [0.4, 0.5) is 5.69 Å². The summed E-state index contributed by atoms with van der Waals surface area (Å²) in [5, 5.41) is 2.66. The summed E-state index contributed by atoms with van der Waals surface area (Å²) in [6, 6.07) is 10.9. The zero-order valence-electron chi connectivity index (χ0n) is 13.0. The molecule has 0 fully saturated rings. The number of amides is 1. The van der Waals surface area contributed by atoms with E-state index in [-0.39, 0.29) is 4.90 Å². The van der Waals surface area contributed by atoms with Crippen molar-refractivity contribution in [3.63, 3.8) is 0 Å². The van der Waals surface area contributed by atoms with Crippen LogP contribution in [0.1, 0.15) is 10.4 Å². The van der Waals surface area contributed by atoms with Crippen LogP contribution in [-0.4, -0.2) is 34.8 Å². The maximum atomic E-state index is 12.4. The quantitative estimate of drug-likeness (QED) is 0.907. The van der Waals surface area contributed by atoms with Crippen molar-refractivity contribution in [1.82, 2.24) is 0 Å². The van der Waals surface area contributed by atoms with Gasteiger partial charge in [-0.25, -0.2) is 8.42 Å². The first-order valence-electron chi connectivity index (χ1n) is 6.68. The van der Waals surface area contributed by atoms with Crippen molar-refractivity contribution in [2.75, 3.05) is 25.8 Å². The standard InChI is InChI=1S/C16H17NO5S/c1-21-12-7-8-14(15(10-12)22-2)16(18)17-11-5-4-6-13(9-11)23(3,19)20/h4-10H,1-3H3,(H,17,18). The molecule has 0 heterocycles. The lowest BCUT2D eigenvalue weighted by atomic mass is 10.1. The summed E-state index contributed by atoms with van der Waals surface area (Å²) in [6.07, 6.45) is 1.11. The van der Waals surface area contributed by atoms with Gasteiger partial charge in [-0.1, -0.05) is 6.07 Å². The molecular formula is C16H17NO5S. The molecule has 2 aromatic carbocycles. The van der Waals surface area contributed by atoms with Gasteiger partial charge in [-0.15, -0.1) is 0 Å². The van der Waals surface area contributed by atoms with Gasteiger partial charge in [-0.3, -0.25) is 4.79 Å². The van der Waals surface area contributed by atoms with Crippen LogP contribution in [0.5, 0.6) is 11.5 Å². The van der Waals surface area contributed by atoms with Crippen LogP contribution < -0.4 is 14.8 Å². The van der Waals surface area contributed by atoms with Gasteiger partial charge in [0.1, 0.15) is 11.5 Å². The van der Waals surface area contributed by atoms with Gasteiger partial charge in [-0.05, 0) is 30.3 Å². The van der Waals surface area contributed by atoms with Crippen molar-refractivity contribution in [3.05, 3.63) is 48.0 Å². The molecule has 0 aromatic heterocycles. The van der Waals surface area contributed by atoms with E-state index in [2.05, 4.69) is 5.32 Å². The Morgan fingerprint density at radius 3 is 2.39 bits per heavy atom. The van der Waals surface area contributed by atoms with Crippen molar-refractivity contribution >= 4 is 21.4 Å². The molecule has 0 spiro atoms. The summed E-state index contributed by atoms with van der Waals surface area (Å²) in [4.78, 5) is 12.5. The zero-order chi connectivity index (χ0) is 17.0. The number of carbonyl (C=O) groups is 1. The van der Waals surface area contributed by atoms with Crippen LogP contribution in [0, 0.1) is 0 Å². The van der Waals surface area contributed by atoms with E-state index in [1.165, 1.54) is 26.4 Å². The van der Waals surface area contributed by atoms with Crippen LogP contribution in [0.2, 0.25) is 0 Å². The lowest BCUT2D eigenvalue weighted by Gasteiger charge is -2.11. The topological polar surface area (TPSA) is 81.7 Å². The maximum Gasteiger partial charge on any atom is 0.259 e.